The predicted octanol–water partition coefficient (Wildman–Crippen LogP) is 2.84. The van der Waals surface area contributed by atoms with Gasteiger partial charge in [-0.3, -0.25) is 9.97 Å². The average Bonchev–Trinajstić information content (AvgIpc) is 2.74. The van der Waals surface area contributed by atoms with Gasteiger partial charge in [0.2, 0.25) is 0 Å². The SMILES string of the molecule is CCCc1nccc2c(N3CCN(C(=O)O)CC3)nc(-c3ccncc3)nc12. The van der Waals surface area contributed by atoms with E-state index in [0.29, 0.717) is 32.0 Å². The molecule has 0 saturated carbocycles. The molecule has 0 radical (unpaired) electrons. The van der Waals surface area contributed by atoms with Crippen LogP contribution in [0.15, 0.2) is 36.8 Å². The lowest BCUT2D eigenvalue weighted by molar-refractivity contribution is 0.142. The molecule has 1 aliphatic rings. The van der Waals surface area contributed by atoms with E-state index in [2.05, 4.69) is 21.8 Å². The highest BCUT2D eigenvalue weighted by atomic mass is 16.4. The number of piperazine rings is 1. The van der Waals surface area contributed by atoms with Crippen molar-refractivity contribution in [3.05, 3.63) is 42.5 Å². The Balaban J connectivity index is 1.82. The molecular weight excluding hydrogens is 356 g/mol. The second kappa shape index (κ2) is 7.75. The molecule has 8 nitrogen and oxygen atoms in total. The zero-order valence-electron chi connectivity index (χ0n) is 15.7. The Hall–Kier alpha value is -3.29. The van der Waals surface area contributed by atoms with E-state index in [4.69, 9.17) is 9.97 Å². The van der Waals surface area contributed by atoms with E-state index in [1.165, 1.54) is 4.90 Å². The molecule has 4 rings (SSSR count). The lowest BCUT2D eigenvalue weighted by atomic mass is 10.1. The third kappa shape index (κ3) is 3.45. The molecule has 1 saturated heterocycles. The number of aryl methyl sites for hydroxylation is 1. The Morgan fingerprint density at radius 2 is 1.82 bits per heavy atom. The molecule has 0 spiro atoms. The second-order valence-electron chi connectivity index (χ2n) is 6.77. The van der Waals surface area contributed by atoms with Crippen LogP contribution in [0.5, 0.6) is 0 Å². The summed E-state index contributed by atoms with van der Waals surface area (Å²) in [6.45, 7) is 4.23. The fraction of sp³-hybridized carbons (Fsp3) is 0.350. The van der Waals surface area contributed by atoms with Crippen molar-refractivity contribution in [1.29, 1.82) is 0 Å². The molecule has 0 aliphatic carbocycles. The van der Waals surface area contributed by atoms with E-state index >= 15 is 0 Å². The van der Waals surface area contributed by atoms with E-state index in [1.807, 2.05) is 18.2 Å². The van der Waals surface area contributed by atoms with Crippen LogP contribution in [-0.2, 0) is 6.42 Å². The molecule has 0 atom stereocenters. The van der Waals surface area contributed by atoms with Gasteiger partial charge in [0.1, 0.15) is 5.82 Å². The highest BCUT2D eigenvalue weighted by molar-refractivity contribution is 5.92. The van der Waals surface area contributed by atoms with Gasteiger partial charge < -0.3 is 14.9 Å². The first kappa shape index (κ1) is 18.1. The first-order valence-electron chi connectivity index (χ1n) is 9.46. The standard InChI is InChI=1S/C20H22N6O2/c1-2-3-16-17-15(6-9-22-16)19(25-10-12-26(13-11-25)20(27)28)24-18(23-17)14-4-7-21-8-5-14/h4-9H,2-3,10-13H2,1H3,(H,27,28). The van der Waals surface area contributed by atoms with Crippen molar-refractivity contribution < 1.29 is 9.90 Å². The highest BCUT2D eigenvalue weighted by Gasteiger charge is 2.24. The third-order valence-electron chi connectivity index (χ3n) is 4.95. The summed E-state index contributed by atoms with van der Waals surface area (Å²) < 4.78 is 0. The molecule has 0 aromatic carbocycles. The van der Waals surface area contributed by atoms with Crippen LogP contribution in [0.3, 0.4) is 0 Å². The van der Waals surface area contributed by atoms with Gasteiger partial charge in [-0.25, -0.2) is 14.8 Å². The Bertz CT molecular complexity index is 987. The number of carboxylic acid groups (broad SMARTS) is 1. The molecule has 1 fully saturated rings. The molecule has 3 aromatic heterocycles. The number of amides is 1. The topological polar surface area (TPSA) is 95.3 Å². The molecule has 28 heavy (non-hydrogen) atoms. The summed E-state index contributed by atoms with van der Waals surface area (Å²) in [6, 6.07) is 5.73. The normalized spacial score (nSPS) is 14.5. The molecule has 0 unspecified atom stereocenters. The zero-order valence-corrected chi connectivity index (χ0v) is 15.7. The van der Waals surface area contributed by atoms with Gasteiger partial charge in [0.05, 0.1) is 11.2 Å². The molecule has 4 heterocycles. The van der Waals surface area contributed by atoms with Gasteiger partial charge >= 0.3 is 6.09 Å². The van der Waals surface area contributed by atoms with E-state index in [1.54, 1.807) is 18.6 Å². The van der Waals surface area contributed by atoms with E-state index in [9.17, 15) is 9.90 Å². The van der Waals surface area contributed by atoms with Crippen LogP contribution >= 0.6 is 0 Å². The van der Waals surface area contributed by atoms with Crippen LogP contribution in [0.4, 0.5) is 10.6 Å². The van der Waals surface area contributed by atoms with Crippen LogP contribution in [0.25, 0.3) is 22.3 Å². The monoisotopic (exact) mass is 378 g/mol. The first-order chi connectivity index (χ1) is 13.7. The number of carbonyl (C=O) groups is 1. The Morgan fingerprint density at radius 1 is 1.07 bits per heavy atom. The van der Waals surface area contributed by atoms with Crippen molar-refractivity contribution in [3.63, 3.8) is 0 Å². The van der Waals surface area contributed by atoms with E-state index < -0.39 is 6.09 Å². The minimum atomic E-state index is -0.876. The van der Waals surface area contributed by atoms with Gasteiger partial charge in [-0.05, 0) is 24.6 Å². The second-order valence-corrected chi connectivity index (χ2v) is 6.77. The minimum absolute atomic E-state index is 0.457. The van der Waals surface area contributed by atoms with Gasteiger partial charge in [-0.2, -0.15) is 0 Å². The van der Waals surface area contributed by atoms with Crippen molar-refractivity contribution >= 4 is 22.8 Å². The van der Waals surface area contributed by atoms with Crippen molar-refractivity contribution in [2.75, 3.05) is 31.1 Å². The predicted molar refractivity (Wildman–Crippen MR) is 106 cm³/mol. The summed E-state index contributed by atoms with van der Waals surface area (Å²) in [4.78, 5) is 33.1. The van der Waals surface area contributed by atoms with E-state index in [-0.39, 0.29) is 0 Å². The number of hydrogen-bond acceptors (Lipinski definition) is 6. The lowest BCUT2D eigenvalue weighted by Gasteiger charge is -2.34. The van der Waals surface area contributed by atoms with Crippen molar-refractivity contribution in [2.24, 2.45) is 0 Å². The largest absolute Gasteiger partial charge is 0.465 e. The maximum absolute atomic E-state index is 11.2. The molecule has 144 valence electrons. The number of hydrogen-bond donors (Lipinski definition) is 1. The first-order valence-corrected chi connectivity index (χ1v) is 9.46. The van der Waals surface area contributed by atoms with Crippen molar-refractivity contribution in [2.45, 2.75) is 19.8 Å². The number of pyridine rings is 2. The van der Waals surface area contributed by atoms with Gasteiger partial charge in [0.15, 0.2) is 5.82 Å². The smallest absolute Gasteiger partial charge is 0.407 e. The average molecular weight is 378 g/mol. The fourth-order valence-corrected chi connectivity index (χ4v) is 3.49. The van der Waals surface area contributed by atoms with Crippen LogP contribution < -0.4 is 4.90 Å². The maximum atomic E-state index is 11.2. The molecular formula is C20H22N6O2. The van der Waals surface area contributed by atoms with Gasteiger partial charge in [0.25, 0.3) is 0 Å². The van der Waals surface area contributed by atoms with Crippen LogP contribution in [-0.4, -0.2) is 62.2 Å². The minimum Gasteiger partial charge on any atom is -0.465 e. The summed E-state index contributed by atoms with van der Waals surface area (Å²) in [5, 5.41) is 10.2. The molecule has 1 aliphatic heterocycles. The van der Waals surface area contributed by atoms with Crippen molar-refractivity contribution in [1.82, 2.24) is 24.8 Å². The third-order valence-corrected chi connectivity index (χ3v) is 4.95. The number of rotatable bonds is 4. The summed E-state index contributed by atoms with van der Waals surface area (Å²) in [5.41, 5.74) is 2.72. The van der Waals surface area contributed by atoms with Crippen LogP contribution in [0, 0.1) is 0 Å². The number of nitrogens with zero attached hydrogens (tertiary/aromatic N) is 6. The van der Waals surface area contributed by atoms with Gasteiger partial charge in [-0.15, -0.1) is 0 Å². The highest BCUT2D eigenvalue weighted by Crippen LogP contribution is 2.29. The van der Waals surface area contributed by atoms with Gasteiger partial charge in [-0.1, -0.05) is 13.3 Å². The fourth-order valence-electron chi connectivity index (χ4n) is 3.49. The zero-order chi connectivity index (χ0) is 19.5. The van der Waals surface area contributed by atoms with Crippen LogP contribution in [0.2, 0.25) is 0 Å². The number of aromatic nitrogens is 4. The quantitative estimate of drug-likeness (QED) is 0.746. The molecule has 1 N–H and O–H groups in total. The summed E-state index contributed by atoms with van der Waals surface area (Å²) in [7, 11) is 0. The Labute approximate surface area is 162 Å². The van der Waals surface area contributed by atoms with Gasteiger partial charge in [0, 0.05) is 55.7 Å². The number of fused-ring (bicyclic) bond motifs is 1. The molecule has 1 amide bonds. The van der Waals surface area contributed by atoms with Crippen LogP contribution in [0.1, 0.15) is 19.0 Å². The van der Waals surface area contributed by atoms with Crippen molar-refractivity contribution in [3.8, 4) is 11.4 Å². The lowest BCUT2D eigenvalue weighted by Crippen LogP contribution is -2.48. The summed E-state index contributed by atoms with van der Waals surface area (Å²) in [5.74, 6) is 1.47. The summed E-state index contributed by atoms with van der Waals surface area (Å²) in [6.07, 6.45) is 6.21. The molecule has 0 bridgehead atoms. The number of anilines is 1. The van der Waals surface area contributed by atoms with E-state index in [0.717, 1.165) is 40.8 Å². The Morgan fingerprint density at radius 3 is 2.50 bits per heavy atom. The Kier molecular flexibility index (Phi) is 5.01. The maximum Gasteiger partial charge on any atom is 0.407 e. The molecule has 3 aromatic rings. The molecule has 8 heteroatoms. The summed E-state index contributed by atoms with van der Waals surface area (Å²) >= 11 is 0.